The first kappa shape index (κ1) is 19.2. The highest BCUT2D eigenvalue weighted by Gasteiger charge is 2.35. The van der Waals surface area contributed by atoms with Crippen molar-refractivity contribution in [2.24, 2.45) is 0 Å². The third-order valence-electron chi connectivity index (χ3n) is 5.65. The Bertz CT molecular complexity index is 1110. The van der Waals surface area contributed by atoms with Crippen molar-refractivity contribution in [1.82, 2.24) is 4.57 Å². The molecule has 1 aromatic heterocycles. The zero-order valence-corrected chi connectivity index (χ0v) is 16.3. The average molecular weight is 389 g/mol. The molecule has 1 aliphatic carbocycles. The summed E-state index contributed by atoms with van der Waals surface area (Å²) in [5, 5.41) is 20.3. The smallest absolute Gasteiger partial charge is 0.341 e. The molecule has 0 fully saturated rings. The van der Waals surface area contributed by atoms with Crippen LogP contribution < -0.4 is 5.43 Å². The number of rotatable bonds is 4. The molecular weight excluding hydrogens is 366 g/mol. The van der Waals surface area contributed by atoms with Gasteiger partial charge >= 0.3 is 5.97 Å². The molecule has 0 radical (unpaired) electrons. The Balaban J connectivity index is 1.75. The number of pyridine rings is 1. The Morgan fingerprint density at radius 2 is 1.72 bits per heavy atom. The fraction of sp³-hybridized carbons (Fsp3) is 0.250. The topological polar surface area (TPSA) is 79.5 Å². The molecule has 148 valence electrons. The first-order valence-electron chi connectivity index (χ1n) is 9.73. The number of benzene rings is 2. The van der Waals surface area contributed by atoms with E-state index in [9.17, 15) is 19.8 Å². The summed E-state index contributed by atoms with van der Waals surface area (Å²) >= 11 is 0. The number of aromatic nitrogens is 1. The van der Waals surface area contributed by atoms with E-state index in [-0.39, 0.29) is 11.1 Å². The van der Waals surface area contributed by atoms with Gasteiger partial charge in [-0.15, -0.1) is 0 Å². The Morgan fingerprint density at radius 1 is 1.07 bits per heavy atom. The minimum absolute atomic E-state index is 0.226. The third-order valence-corrected chi connectivity index (χ3v) is 5.65. The lowest BCUT2D eigenvalue weighted by Crippen LogP contribution is -2.38. The molecule has 0 bridgehead atoms. The van der Waals surface area contributed by atoms with Crippen molar-refractivity contribution in [3.8, 4) is 11.1 Å². The van der Waals surface area contributed by atoms with Crippen molar-refractivity contribution in [1.29, 1.82) is 0 Å². The van der Waals surface area contributed by atoms with Crippen LogP contribution in [0.3, 0.4) is 0 Å². The molecule has 5 heteroatoms. The van der Waals surface area contributed by atoms with Crippen LogP contribution in [0.1, 0.15) is 46.9 Å². The van der Waals surface area contributed by atoms with E-state index in [0.717, 1.165) is 28.8 Å². The SMILES string of the molecule is CC1(O)CCCc2c1c(=O)c(C(=O)O)cn2Cc1ccc(-c2ccccc2)cc1. The van der Waals surface area contributed by atoms with Crippen LogP contribution in [-0.4, -0.2) is 20.7 Å². The van der Waals surface area contributed by atoms with Gasteiger partial charge in [0.15, 0.2) is 0 Å². The average Bonchev–Trinajstić information content (AvgIpc) is 2.70. The van der Waals surface area contributed by atoms with Crippen LogP contribution in [0.25, 0.3) is 11.1 Å². The molecule has 0 spiro atoms. The molecule has 5 nitrogen and oxygen atoms in total. The molecule has 3 aromatic rings. The van der Waals surface area contributed by atoms with Crippen molar-refractivity contribution >= 4 is 5.97 Å². The number of aromatic carboxylic acids is 1. The van der Waals surface area contributed by atoms with Crippen LogP contribution in [0, 0.1) is 0 Å². The number of carboxylic acids is 1. The Labute approximate surface area is 168 Å². The summed E-state index contributed by atoms with van der Waals surface area (Å²) in [6, 6.07) is 18.2. The van der Waals surface area contributed by atoms with Gasteiger partial charge in [-0.2, -0.15) is 0 Å². The maximum Gasteiger partial charge on any atom is 0.341 e. The molecule has 1 heterocycles. The van der Waals surface area contributed by atoms with Gasteiger partial charge in [0.1, 0.15) is 5.56 Å². The van der Waals surface area contributed by atoms with E-state index in [1.54, 1.807) is 6.92 Å². The van der Waals surface area contributed by atoms with Crippen molar-refractivity contribution in [3.05, 3.63) is 93.4 Å². The van der Waals surface area contributed by atoms with Crippen LogP contribution >= 0.6 is 0 Å². The van der Waals surface area contributed by atoms with Gasteiger partial charge in [0.2, 0.25) is 5.43 Å². The number of aliphatic hydroxyl groups is 1. The summed E-state index contributed by atoms with van der Waals surface area (Å²) in [5.74, 6) is -1.27. The Hall–Kier alpha value is -3.18. The number of carboxylic acid groups (broad SMARTS) is 1. The van der Waals surface area contributed by atoms with E-state index in [1.807, 2.05) is 59.2 Å². The van der Waals surface area contributed by atoms with Gasteiger partial charge in [0.25, 0.3) is 0 Å². The molecule has 1 unspecified atom stereocenters. The summed E-state index contributed by atoms with van der Waals surface area (Å²) in [6.07, 6.45) is 3.25. The summed E-state index contributed by atoms with van der Waals surface area (Å²) in [7, 11) is 0. The fourth-order valence-corrected chi connectivity index (χ4v) is 4.17. The van der Waals surface area contributed by atoms with E-state index in [2.05, 4.69) is 0 Å². The molecule has 1 atom stereocenters. The summed E-state index contributed by atoms with van der Waals surface area (Å²) in [6.45, 7) is 2.03. The number of hydrogen-bond donors (Lipinski definition) is 2. The van der Waals surface area contributed by atoms with Crippen molar-refractivity contribution in [2.75, 3.05) is 0 Å². The Kier molecular flexibility index (Phi) is 4.84. The highest BCUT2D eigenvalue weighted by Crippen LogP contribution is 2.33. The molecular formula is C24H23NO4. The van der Waals surface area contributed by atoms with E-state index in [1.165, 1.54) is 6.20 Å². The second-order valence-corrected chi connectivity index (χ2v) is 7.82. The van der Waals surface area contributed by atoms with E-state index >= 15 is 0 Å². The number of hydrogen-bond acceptors (Lipinski definition) is 3. The molecule has 0 amide bonds. The normalized spacial score (nSPS) is 18.3. The standard InChI is InChI=1S/C24H23NO4/c1-24(29)13-5-8-20-21(24)22(26)19(23(27)28)15-25(20)14-16-9-11-18(12-10-16)17-6-3-2-4-7-17/h2-4,6-7,9-12,15,29H,5,8,13-14H2,1H3,(H,27,28). The number of carbonyl (C=O) groups is 1. The second kappa shape index (κ2) is 7.33. The van der Waals surface area contributed by atoms with Crippen molar-refractivity contribution in [3.63, 3.8) is 0 Å². The van der Waals surface area contributed by atoms with Gasteiger partial charge < -0.3 is 14.8 Å². The fourth-order valence-electron chi connectivity index (χ4n) is 4.17. The van der Waals surface area contributed by atoms with Gasteiger partial charge in [0, 0.05) is 18.4 Å². The van der Waals surface area contributed by atoms with Gasteiger partial charge in [0.05, 0.1) is 11.2 Å². The van der Waals surface area contributed by atoms with Crippen LogP contribution in [0.2, 0.25) is 0 Å². The lowest BCUT2D eigenvalue weighted by Gasteiger charge is -2.32. The van der Waals surface area contributed by atoms with Crippen LogP contribution in [-0.2, 0) is 18.6 Å². The van der Waals surface area contributed by atoms with Crippen LogP contribution in [0.5, 0.6) is 0 Å². The predicted molar refractivity (Wildman–Crippen MR) is 111 cm³/mol. The predicted octanol–water partition coefficient (Wildman–Crippen LogP) is 3.81. The van der Waals surface area contributed by atoms with Crippen molar-refractivity contribution < 1.29 is 15.0 Å². The first-order valence-corrected chi connectivity index (χ1v) is 9.73. The van der Waals surface area contributed by atoms with E-state index < -0.39 is 17.0 Å². The molecule has 1 aliphatic rings. The van der Waals surface area contributed by atoms with Crippen LogP contribution in [0.15, 0.2) is 65.6 Å². The zero-order valence-electron chi connectivity index (χ0n) is 16.3. The highest BCUT2D eigenvalue weighted by molar-refractivity contribution is 5.87. The van der Waals surface area contributed by atoms with Gasteiger partial charge in [-0.25, -0.2) is 4.79 Å². The molecule has 4 rings (SSSR count). The Morgan fingerprint density at radius 3 is 2.38 bits per heavy atom. The molecule has 0 saturated carbocycles. The molecule has 2 N–H and O–H groups in total. The van der Waals surface area contributed by atoms with Gasteiger partial charge in [-0.1, -0.05) is 54.6 Å². The highest BCUT2D eigenvalue weighted by atomic mass is 16.4. The maximum atomic E-state index is 12.7. The van der Waals surface area contributed by atoms with E-state index in [4.69, 9.17) is 0 Å². The molecule has 0 saturated heterocycles. The minimum Gasteiger partial charge on any atom is -0.477 e. The zero-order chi connectivity index (χ0) is 20.6. The second-order valence-electron chi connectivity index (χ2n) is 7.82. The summed E-state index contributed by atoms with van der Waals surface area (Å²) in [4.78, 5) is 24.4. The summed E-state index contributed by atoms with van der Waals surface area (Å²) in [5.41, 5.74) is 1.99. The maximum absolute atomic E-state index is 12.7. The lowest BCUT2D eigenvalue weighted by atomic mass is 9.81. The lowest BCUT2D eigenvalue weighted by molar-refractivity contribution is 0.0357. The molecule has 2 aromatic carbocycles. The quantitative estimate of drug-likeness (QED) is 0.711. The summed E-state index contributed by atoms with van der Waals surface area (Å²) < 4.78 is 1.81. The monoisotopic (exact) mass is 389 g/mol. The van der Waals surface area contributed by atoms with Crippen molar-refractivity contribution in [2.45, 2.75) is 38.3 Å². The van der Waals surface area contributed by atoms with Gasteiger partial charge in [-0.3, -0.25) is 4.79 Å². The number of fused-ring (bicyclic) bond motifs is 1. The number of nitrogens with zero attached hydrogens (tertiary/aromatic N) is 1. The molecule has 0 aliphatic heterocycles. The van der Waals surface area contributed by atoms with E-state index in [0.29, 0.717) is 19.4 Å². The minimum atomic E-state index is -1.31. The third kappa shape index (κ3) is 3.61. The van der Waals surface area contributed by atoms with Crippen LogP contribution in [0.4, 0.5) is 0 Å². The van der Waals surface area contributed by atoms with Gasteiger partial charge in [-0.05, 0) is 42.9 Å². The molecule has 29 heavy (non-hydrogen) atoms. The first-order chi connectivity index (χ1) is 13.9. The largest absolute Gasteiger partial charge is 0.477 e.